The van der Waals surface area contributed by atoms with Crippen LogP contribution >= 0.6 is 0 Å². The number of hydrogen-bond donors (Lipinski definition) is 2. The Morgan fingerprint density at radius 3 is 2.90 bits per heavy atom. The molecular formula is C13H14N6O. The highest BCUT2D eigenvalue weighted by Gasteiger charge is 2.08. The van der Waals surface area contributed by atoms with Gasteiger partial charge in [-0.25, -0.2) is 9.89 Å². The number of anilines is 2. The van der Waals surface area contributed by atoms with E-state index in [0.29, 0.717) is 18.0 Å². The monoisotopic (exact) mass is 270 g/mol. The molecule has 3 aromatic rings. The maximum atomic E-state index is 11.5. The van der Waals surface area contributed by atoms with E-state index < -0.39 is 0 Å². The molecule has 3 N–H and O–H groups in total. The topological polar surface area (TPSA) is 92.3 Å². The SMILES string of the molecule is CN(Cc1ccccc1N)c1ccc2n[nH]c(=O)n2n1. The predicted molar refractivity (Wildman–Crippen MR) is 76.6 cm³/mol. The third-order valence-corrected chi connectivity index (χ3v) is 3.11. The second-order valence-corrected chi connectivity index (χ2v) is 4.55. The number of rotatable bonds is 3. The quantitative estimate of drug-likeness (QED) is 0.681. The molecule has 1 aromatic carbocycles. The van der Waals surface area contributed by atoms with Crippen LogP contribution in [-0.2, 0) is 6.54 Å². The zero-order chi connectivity index (χ0) is 14.1. The number of nitrogen functional groups attached to an aromatic ring is 1. The Balaban J connectivity index is 1.92. The molecule has 3 rings (SSSR count). The predicted octanol–water partition coefficient (Wildman–Crippen LogP) is 0.636. The fourth-order valence-electron chi connectivity index (χ4n) is 2.01. The number of nitrogens with zero attached hydrogens (tertiary/aromatic N) is 4. The van der Waals surface area contributed by atoms with E-state index in [1.54, 1.807) is 6.07 Å². The van der Waals surface area contributed by atoms with Crippen molar-refractivity contribution in [1.82, 2.24) is 19.8 Å². The number of aromatic amines is 1. The van der Waals surface area contributed by atoms with Crippen LogP contribution in [0.3, 0.4) is 0 Å². The van der Waals surface area contributed by atoms with Gasteiger partial charge < -0.3 is 10.6 Å². The van der Waals surface area contributed by atoms with Crippen molar-refractivity contribution in [2.75, 3.05) is 17.7 Å². The molecule has 0 aliphatic rings. The third-order valence-electron chi connectivity index (χ3n) is 3.11. The minimum atomic E-state index is -0.352. The first-order valence-electron chi connectivity index (χ1n) is 6.14. The fraction of sp³-hybridized carbons (Fsp3) is 0.154. The van der Waals surface area contributed by atoms with Gasteiger partial charge in [0.05, 0.1) is 0 Å². The molecule has 102 valence electrons. The van der Waals surface area contributed by atoms with Crippen LogP contribution in [0.4, 0.5) is 11.5 Å². The molecule has 0 amide bonds. The molecular weight excluding hydrogens is 256 g/mol. The Morgan fingerprint density at radius 2 is 2.10 bits per heavy atom. The van der Waals surface area contributed by atoms with Crippen LogP contribution < -0.4 is 16.3 Å². The van der Waals surface area contributed by atoms with Gasteiger partial charge in [-0.2, -0.15) is 9.61 Å². The summed E-state index contributed by atoms with van der Waals surface area (Å²) >= 11 is 0. The van der Waals surface area contributed by atoms with Crippen LogP contribution in [0.5, 0.6) is 0 Å². The maximum absolute atomic E-state index is 11.5. The largest absolute Gasteiger partial charge is 0.398 e. The van der Waals surface area contributed by atoms with Gasteiger partial charge in [0.1, 0.15) is 5.82 Å². The number of fused-ring (bicyclic) bond motifs is 1. The van der Waals surface area contributed by atoms with Crippen molar-refractivity contribution < 1.29 is 0 Å². The molecule has 0 spiro atoms. The molecule has 0 unspecified atom stereocenters. The highest BCUT2D eigenvalue weighted by atomic mass is 16.2. The van der Waals surface area contributed by atoms with E-state index in [4.69, 9.17) is 5.73 Å². The lowest BCUT2D eigenvalue weighted by atomic mass is 10.2. The van der Waals surface area contributed by atoms with Crippen molar-refractivity contribution in [1.29, 1.82) is 0 Å². The second kappa shape index (κ2) is 4.69. The average molecular weight is 270 g/mol. The summed E-state index contributed by atoms with van der Waals surface area (Å²) in [6.45, 7) is 0.609. The van der Waals surface area contributed by atoms with E-state index in [9.17, 15) is 4.79 Å². The van der Waals surface area contributed by atoms with Gasteiger partial charge in [0.2, 0.25) is 0 Å². The number of nitrogens with one attached hydrogen (secondary N) is 1. The lowest BCUT2D eigenvalue weighted by molar-refractivity contribution is 0.821. The number of para-hydroxylation sites is 1. The third kappa shape index (κ3) is 2.09. The highest BCUT2D eigenvalue weighted by Crippen LogP contribution is 2.16. The van der Waals surface area contributed by atoms with E-state index in [-0.39, 0.29) is 5.69 Å². The van der Waals surface area contributed by atoms with Gasteiger partial charge in [0, 0.05) is 19.3 Å². The van der Waals surface area contributed by atoms with E-state index in [0.717, 1.165) is 11.3 Å². The molecule has 20 heavy (non-hydrogen) atoms. The second-order valence-electron chi connectivity index (χ2n) is 4.55. The highest BCUT2D eigenvalue weighted by molar-refractivity contribution is 5.50. The zero-order valence-electron chi connectivity index (χ0n) is 10.9. The summed E-state index contributed by atoms with van der Waals surface area (Å²) in [5.74, 6) is 0.671. The molecule has 0 bridgehead atoms. The summed E-state index contributed by atoms with van der Waals surface area (Å²) in [6.07, 6.45) is 0. The summed E-state index contributed by atoms with van der Waals surface area (Å²) < 4.78 is 1.24. The first-order chi connectivity index (χ1) is 9.65. The van der Waals surface area contributed by atoms with Gasteiger partial charge >= 0.3 is 5.69 Å². The summed E-state index contributed by atoms with van der Waals surface area (Å²) in [7, 11) is 1.89. The number of H-pyrrole nitrogens is 1. The van der Waals surface area contributed by atoms with Crippen LogP contribution in [0.25, 0.3) is 5.65 Å². The first kappa shape index (κ1) is 12.2. The maximum Gasteiger partial charge on any atom is 0.364 e. The number of hydrogen-bond acceptors (Lipinski definition) is 5. The van der Waals surface area contributed by atoms with Crippen LogP contribution in [0, 0.1) is 0 Å². The van der Waals surface area contributed by atoms with E-state index >= 15 is 0 Å². The summed E-state index contributed by atoms with van der Waals surface area (Å²) in [5, 5.41) is 10.5. The Labute approximate surface area is 114 Å². The molecule has 0 aliphatic heterocycles. The lowest BCUT2D eigenvalue weighted by Crippen LogP contribution is -2.21. The smallest absolute Gasteiger partial charge is 0.364 e. The summed E-state index contributed by atoms with van der Waals surface area (Å²) in [6, 6.07) is 11.2. The minimum absolute atomic E-state index is 0.352. The summed E-state index contributed by atoms with van der Waals surface area (Å²) in [5.41, 5.74) is 7.81. The van der Waals surface area contributed by atoms with Gasteiger partial charge in [-0.1, -0.05) is 18.2 Å². The normalized spacial score (nSPS) is 10.8. The molecule has 0 fully saturated rings. The van der Waals surface area contributed by atoms with E-state index in [2.05, 4.69) is 15.3 Å². The van der Waals surface area contributed by atoms with Gasteiger partial charge in [-0.05, 0) is 23.8 Å². The minimum Gasteiger partial charge on any atom is -0.398 e. The van der Waals surface area contributed by atoms with Crippen molar-refractivity contribution in [3.8, 4) is 0 Å². The van der Waals surface area contributed by atoms with Crippen molar-refractivity contribution >= 4 is 17.2 Å². The molecule has 0 atom stereocenters. The lowest BCUT2D eigenvalue weighted by Gasteiger charge is -2.18. The zero-order valence-corrected chi connectivity index (χ0v) is 10.9. The van der Waals surface area contributed by atoms with Crippen LogP contribution in [0.15, 0.2) is 41.2 Å². The van der Waals surface area contributed by atoms with Crippen molar-refractivity contribution in [2.45, 2.75) is 6.54 Å². The van der Waals surface area contributed by atoms with Gasteiger partial charge in [0.15, 0.2) is 5.65 Å². The van der Waals surface area contributed by atoms with Crippen molar-refractivity contribution in [3.05, 3.63) is 52.4 Å². The molecule has 0 saturated carbocycles. The van der Waals surface area contributed by atoms with Crippen molar-refractivity contribution in [3.63, 3.8) is 0 Å². The number of benzene rings is 1. The fourth-order valence-corrected chi connectivity index (χ4v) is 2.01. The molecule has 7 heteroatoms. The van der Waals surface area contributed by atoms with Gasteiger partial charge in [-0.15, -0.1) is 5.10 Å². The molecule has 0 saturated heterocycles. The van der Waals surface area contributed by atoms with E-state index in [1.807, 2.05) is 42.3 Å². The molecule has 7 nitrogen and oxygen atoms in total. The molecule has 2 heterocycles. The van der Waals surface area contributed by atoms with Crippen LogP contribution in [0.2, 0.25) is 0 Å². The number of aromatic nitrogens is 4. The Bertz CT molecular complexity index is 806. The van der Waals surface area contributed by atoms with Crippen LogP contribution in [-0.4, -0.2) is 26.9 Å². The van der Waals surface area contributed by atoms with Gasteiger partial charge in [-0.3, -0.25) is 0 Å². The standard InChI is InChI=1S/C13H14N6O/c1-18(8-9-4-2-3-5-10(9)14)12-7-6-11-15-16-13(20)19(11)17-12/h2-7H,8,14H2,1H3,(H,16,20). The molecule has 0 aliphatic carbocycles. The van der Waals surface area contributed by atoms with Crippen LogP contribution in [0.1, 0.15) is 5.56 Å². The first-order valence-corrected chi connectivity index (χ1v) is 6.14. The Hall–Kier alpha value is -2.83. The molecule has 0 radical (unpaired) electrons. The summed E-state index contributed by atoms with van der Waals surface area (Å²) in [4.78, 5) is 13.4. The van der Waals surface area contributed by atoms with E-state index in [1.165, 1.54) is 4.52 Å². The Kier molecular flexibility index (Phi) is 2.86. The number of nitrogens with two attached hydrogens (primary N) is 1. The van der Waals surface area contributed by atoms with Crippen molar-refractivity contribution in [2.24, 2.45) is 0 Å². The Morgan fingerprint density at radius 1 is 1.30 bits per heavy atom. The molecule has 2 aromatic heterocycles. The average Bonchev–Trinajstić information content (AvgIpc) is 2.82. The van der Waals surface area contributed by atoms with Gasteiger partial charge in [0.25, 0.3) is 0 Å².